The van der Waals surface area contributed by atoms with Crippen LogP contribution in [0.2, 0.25) is 3.67 Å². The summed E-state index contributed by atoms with van der Waals surface area (Å²) in [5.41, 5.74) is 0. The van der Waals surface area contributed by atoms with Crippen molar-refractivity contribution in [1.29, 1.82) is 0 Å². The molecule has 54 valence electrons. The second kappa shape index (κ2) is 4.07. The van der Waals surface area contributed by atoms with Gasteiger partial charge in [0.15, 0.2) is 0 Å². The first-order valence-corrected chi connectivity index (χ1v) is 5.53. The van der Waals surface area contributed by atoms with E-state index in [0.29, 0.717) is 6.04 Å². The van der Waals surface area contributed by atoms with Gasteiger partial charge < -0.3 is 0 Å². The van der Waals surface area contributed by atoms with E-state index in [1.165, 1.54) is 38.0 Å². The summed E-state index contributed by atoms with van der Waals surface area (Å²) in [7, 11) is 2.11. The van der Waals surface area contributed by atoms with Crippen LogP contribution >= 0.6 is 0 Å². The molecule has 2 atom stereocenters. The number of β-amino-alcohol motifs (C(OH)–C–C–N with tert-alkyl or cyclic N) is 1. The quantitative estimate of drug-likeness (QED) is 0.563. The van der Waals surface area contributed by atoms with Gasteiger partial charge in [-0.25, -0.2) is 0 Å². The second-order valence-corrected chi connectivity index (χ2v) is 4.27. The number of hydrogen-bond acceptors (Lipinski definition) is 2. The van der Waals surface area contributed by atoms with Crippen molar-refractivity contribution >= 4 is 27.9 Å². The van der Waals surface area contributed by atoms with Crippen molar-refractivity contribution in [3.63, 3.8) is 0 Å². The first-order chi connectivity index (χ1) is 4.74. The van der Waals surface area contributed by atoms with Gasteiger partial charge >= 0.3 is 80.2 Å². The SMILES string of the molecule is CN1CC(O)CC1C[CH2][Na]. The third-order valence-electron chi connectivity index (χ3n) is 2.29. The molecule has 2 nitrogen and oxygen atoms in total. The summed E-state index contributed by atoms with van der Waals surface area (Å²) in [6, 6.07) is 0.674. The number of likely N-dealkylation sites (tertiary alicyclic amines) is 1. The number of aliphatic hydroxyl groups excluding tert-OH is 1. The molecule has 10 heavy (non-hydrogen) atoms. The van der Waals surface area contributed by atoms with E-state index in [2.05, 4.69) is 11.9 Å². The summed E-state index contributed by atoms with van der Waals surface area (Å²) in [5.74, 6) is 0. The maximum absolute atomic E-state index is 9.27. The first-order valence-electron chi connectivity index (χ1n) is 4.12. The Morgan fingerprint density at radius 1 is 1.70 bits per heavy atom. The summed E-state index contributed by atoms with van der Waals surface area (Å²) in [5, 5.41) is 9.27. The molecule has 2 unspecified atom stereocenters. The van der Waals surface area contributed by atoms with Gasteiger partial charge in [-0.05, 0) is 0 Å². The molecule has 0 amide bonds. The monoisotopic (exact) mass is 151 g/mol. The summed E-state index contributed by atoms with van der Waals surface area (Å²) < 4.78 is 1.36. The van der Waals surface area contributed by atoms with E-state index >= 15 is 0 Å². The van der Waals surface area contributed by atoms with Crippen LogP contribution in [-0.4, -0.2) is 63.7 Å². The standard InChI is InChI=1S/C7H14NO.Na/c1-3-6-4-7(9)5-8(6)2;/h6-7,9H,1,3-5H2,2H3;. The first kappa shape index (κ1) is 9.01. The average Bonchev–Trinajstić information content (AvgIpc) is 2.13. The van der Waals surface area contributed by atoms with Crippen molar-refractivity contribution in [1.82, 2.24) is 4.90 Å². The van der Waals surface area contributed by atoms with E-state index in [9.17, 15) is 5.11 Å². The van der Waals surface area contributed by atoms with Gasteiger partial charge in [0.25, 0.3) is 0 Å². The third-order valence-corrected chi connectivity index (χ3v) is 2.87. The zero-order valence-corrected chi connectivity index (χ0v) is 8.88. The van der Waals surface area contributed by atoms with Gasteiger partial charge in [0, 0.05) is 0 Å². The van der Waals surface area contributed by atoms with Crippen LogP contribution in [0.4, 0.5) is 0 Å². The van der Waals surface area contributed by atoms with Gasteiger partial charge in [-0.15, -0.1) is 0 Å². The molecule has 1 aliphatic heterocycles. The van der Waals surface area contributed by atoms with E-state index in [1.54, 1.807) is 0 Å². The minimum absolute atomic E-state index is 0.0526. The predicted molar refractivity (Wildman–Crippen MR) is 42.2 cm³/mol. The van der Waals surface area contributed by atoms with Crippen molar-refractivity contribution in [2.24, 2.45) is 0 Å². The molecule has 1 aliphatic rings. The Morgan fingerprint density at radius 2 is 2.40 bits per heavy atom. The predicted octanol–water partition coefficient (Wildman–Crippen LogP) is 0.0283. The van der Waals surface area contributed by atoms with Gasteiger partial charge in [0.1, 0.15) is 0 Å². The molecule has 0 spiro atoms. The fourth-order valence-corrected chi connectivity index (χ4v) is 2.39. The Labute approximate surface area is 80.0 Å². The molecule has 1 heterocycles. The van der Waals surface area contributed by atoms with Crippen LogP contribution in [0.1, 0.15) is 12.8 Å². The molecular formula is C7H14NNaO. The topological polar surface area (TPSA) is 23.5 Å². The molecule has 1 rings (SSSR count). The summed E-state index contributed by atoms with van der Waals surface area (Å²) in [6.07, 6.45) is 2.24. The number of likely N-dealkylation sites (N-methyl/N-ethyl adjacent to an activating group) is 1. The van der Waals surface area contributed by atoms with Crippen LogP contribution in [0, 0.1) is 0 Å². The summed E-state index contributed by atoms with van der Waals surface area (Å²) >= 11 is 1.30. The Bertz CT molecular complexity index is 110. The normalized spacial score (nSPS) is 35.2. The molecule has 0 aromatic rings. The van der Waals surface area contributed by atoms with Crippen LogP contribution in [0.5, 0.6) is 0 Å². The molecule has 0 saturated carbocycles. The van der Waals surface area contributed by atoms with Crippen molar-refractivity contribution in [2.45, 2.75) is 28.7 Å². The van der Waals surface area contributed by atoms with Crippen molar-refractivity contribution in [2.75, 3.05) is 13.6 Å². The summed E-state index contributed by atoms with van der Waals surface area (Å²) in [6.45, 7) is 0.881. The molecule has 1 saturated heterocycles. The van der Waals surface area contributed by atoms with Gasteiger partial charge in [-0.1, -0.05) is 0 Å². The van der Waals surface area contributed by atoms with E-state index < -0.39 is 0 Å². The van der Waals surface area contributed by atoms with Crippen LogP contribution in [0.15, 0.2) is 0 Å². The molecule has 0 aromatic carbocycles. The van der Waals surface area contributed by atoms with Gasteiger partial charge in [0.05, 0.1) is 0 Å². The molecule has 0 radical (unpaired) electrons. The molecule has 1 fully saturated rings. The van der Waals surface area contributed by atoms with E-state index in [1.807, 2.05) is 0 Å². The average molecular weight is 151 g/mol. The zero-order valence-electron chi connectivity index (χ0n) is 6.88. The van der Waals surface area contributed by atoms with Crippen LogP contribution in [0.3, 0.4) is 0 Å². The third kappa shape index (κ3) is 2.21. The molecule has 0 aromatic heterocycles. The van der Waals surface area contributed by atoms with Gasteiger partial charge in [-0.2, -0.15) is 0 Å². The van der Waals surface area contributed by atoms with Gasteiger partial charge in [0.2, 0.25) is 0 Å². The zero-order chi connectivity index (χ0) is 7.56. The Kier molecular flexibility index (Phi) is 3.67. The maximum atomic E-state index is 9.27. The van der Waals surface area contributed by atoms with Crippen LogP contribution < -0.4 is 0 Å². The number of aliphatic hydroxyl groups is 1. The van der Waals surface area contributed by atoms with E-state index in [4.69, 9.17) is 0 Å². The van der Waals surface area contributed by atoms with E-state index in [-0.39, 0.29) is 6.10 Å². The van der Waals surface area contributed by atoms with Crippen molar-refractivity contribution in [3.8, 4) is 0 Å². The molecule has 1 N–H and O–H groups in total. The fraction of sp³-hybridized carbons (Fsp3) is 1.00. The Hall–Kier alpha value is 0.920. The molecular weight excluding hydrogens is 137 g/mol. The number of hydrogen-bond donors (Lipinski definition) is 1. The van der Waals surface area contributed by atoms with Crippen molar-refractivity contribution in [3.05, 3.63) is 0 Å². The van der Waals surface area contributed by atoms with Crippen LogP contribution in [-0.2, 0) is 0 Å². The number of rotatable bonds is 2. The van der Waals surface area contributed by atoms with E-state index in [0.717, 1.165) is 13.0 Å². The Balaban J connectivity index is 2.31. The molecule has 0 aliphatic carbocycles. The fourth-order valence-electron chi connectivity index (χ4n) is 1.72. The van der Waals surface area contributed by atoms with Crippen molar-refractivity contribution < 1.29 is 5.11 Å². The molecule has 0 bridgehead atoms. The molecule has 3 heteroatoms. The van der Waals surface area contributed by atoms with Gasteiger partial charge in [-0.3, -0.25) is 0 Å². The number of nitrogens with zero attached hydrogens (tertiary/aromatic N) is 1. The minimum atomic E-state index is -0.0526. The summed E-state index contributed by atoms with van der Waals surface area (Å²) in [4.78, 5) is 2.28. The second-order valence-electron chi connectivity index (χ2n) is 3.27. The van der Waals surface area contributed by atoms with Crippen LogP contribution in [0.25, 0.3) is 0 Å². The Morgan fingerprint density at radius 3 is 2.80 bits per heavy atom.